The highest BCUT2D eigenvalue weighted by Crippen LogP contribution is 2.20. The first-order valence-corrected chi connectivity index (χ1v) is 10.2. The number of aliphatic imine (C=N–C) groups is 1. The van der Waals surface area contributed by atoms with Gasteiger partial charge in [0.25, 0.3) is 0 Å². The molecule has 0 radical (unpaired) electrons. The maximum atomic E-state index is 4.77. The van der Waals surface area contributed by atoms with E-state index in [9.17, 15) is 0 Å². The lowest BCUT2D eigenvalue weighted by atomic mass is 10.1. The molecule has 8 nitrogen and oxygen atoms in total. The van der Waals surface area contributed by atoms with E-state index in [-0.39, 0.29) is 0 Å². The highest BCUT2D eigenvalue weighted by atomic mass is 15.3. The molecule has 4 rings (SSSR count). The molecular weight excluding hydrogens is 352 g/mol. The zero-order valence-electron chi connectivity index (χ0n) is 17.0. The zero-order valence-corrected chi connectivity index (χ0v) is 17.0. The normalized spacial score (nSPS) is 18.4. The summed E-state index contributed by atoms with van der Waals surface area (Å²) in [6.07, 6.45) is 6.54. The van der Waals surface area contributed by atoms with Crippen molar-refractivity contribution < 1.29 is 0 Å². The van der Waals surface area contributed by atoms with Crippen molar-refractivity contribution in [3.05, 3.63) is 35.5 Å². The molecule has 8 heteroatoms. The highest BCUT2D eigenvalue weighted by molar-refractivity contribution is 5.80. The maximum Gasteiger partial charge on any atom is 0.192 e. The van der Waals surface area contributed by atoms with Gasteiger partial charge in [0.15, 0.2) is 11.8 Å². The third kappa shape index (κ3) is 4.61. The van der Waals surface area contributed by atoms with Gasteiger partial charge in [0.05, 0.1) is 0 Å². The van der Waals surface area contributed by atoms with E-state index in [1.807, 2.05) is 24.7 Å². The Morgan fingerprint density at radius 2 is 1.79 bits per heavy atom. The number of nitrogens with zero attached hydrogens (tertiary/aromatic N) is 6. The van der Waals surface area contributed by atoms with Crippen LogP contribution in [0, 0.1) is 13.8 Å². The van der Waals surface area contributed by atoms with E-state index in [1.54, 1.807) is 0 Å². The fourth-order valence-electron chi connectivity index (χ4n) is 3.39. The summed E-state index contributed by atoms with van der Waals surface area (Å²) in [5.41, 5.74) is 1.20. The molecular formula is C20H30N8. The van der Waals surface area contributed by atoms with Gasteiger partial charge in [-0.15, -0.1) is 10.2 Å². The van der Waals surface area contributed by atoms with E-state index >= 15 is 0 Å². The monoisotopic (exact) mass is 382 g/mol. The number of rotatable bonds is 5. The van der Waals surface area contributed by atoms with Crippen LogP contribution in [0.3, 0.4) is 0 Å². The molecule has 1 saturated carbocycles. The van der Waals surface area contributed by atoms with Crippen molar-refractivity contribution in [1.29, 1.82) is 0 Å². The van der Waals surface area contributed by atoms with E-state index in [4.69, 9.17) is 4.99 Å². The number of aryl methyl sites for hydroxylation is 2. The average molecular weight is 383 g/mol. The maximum absolute atomic E-state index is 4.77. The minimum absolute atomic E-state index is 0.424. The lowest BCUT2D eigenvalue weighted by Crippen LogP contribution is -2.49. The summed E-state index contributed by atoms with van der Waals surface area (Å²) in [7, 11) is 1.98. The summed E-state index contributed by atoms with van der Waals surface area (Å²) in [5, 5.41) is 15.5. The van der Waals surface area contributed by atoms with Crippen molar-refractivity contribution in [2.45, 2.75) is 58.2 Å². The molecule has 2 aromatic heterocycles. The Morgan fingerprint density at radius 1 is 1.07 bits per heavy atom. The fraction of sp³-hybridized carbons (Fsp3) is 0.600. The number of pyridine rings is 1. The third-order valence-electron chi connectivity index (χ3n) is 5.54. The van der Waals surface area contributed by atoms with Gasteiger partial charge in [0.2, 0.25) is 0 Å². The van der Waals surface area contributed by atoms with Crippen LogP contribution < -0.4 is 15.5 Å². The predicted octanol–water partition coefficient (Wildman–Crippen LogP) is 1.69. The SMILES string of the molecule is Cc1ccc(N2CCC(NC(=NCc3nnc(C)n3C)NC3CC3)CC2)nc1. The van der Waals surface area contributed by atoms with Gasteiger partial charge in [-0.25, -0.2) is 9.98 Å². The molecule has 1 saturated heterocycles. The van der Waals surface area contributed by atoms with Gasteiger partial charge < -0.3 is 20.1 Å². The zero-order chi connectivity index (χ0) is 19.5. The second-order valence-electron chi connectivity index (χ2n) is 7.91. The molecule has 3 heterocycles. The van der Waals surface area contributed by atoms with Crippen molar-refractivity contribution in [1.82, 2.24) is 30.4 Å². The van der Waals surface area contributed by atoms with Gasteiger partial charge >= 0.3 is 0 Å². The molecule has 0 amide bonds. The highest BCUT2D eigenvalue weighted by Gasteiger charge is 2.25. The summed E-state index contributed by atoms with van der Waals surface area (Å²) in [4.78, 5) is 11.7. The molecule has 2 N–H and O–H groups in total. The van der Waals surface area contributed by atoms with E-state index in [0.29, 0.717) is 18.6 Å². The number of aromatic nitrogens is 4. The molecule has 0 unspecified atom stereocenters. The number of guanidine groups is 1. The minimum atomic E-state index is 0.424. The smallest absolute Gasteiger partial charge is 0.192 e. The van der Waals surface area contributed by atoms with E-state index in [1.165, 1.54) is 18.4 Å². The Balaban J connectivity index is 1.34. The van der Waals surface area contributed by atoms with Crippen LogP contribution >= 0.6 is 0 Å². The second-order valence-corrected chi connectivity index (χ2v) is 7.91. The van der Waals surface area contributed by atoms with E-state index in [0.717, 1.165) is 49.4 Å². The Kier molecular flexibility index (Phi) is 5.45. The minimum Gasteiger partial charge on any atom is -0.356 e. The summed E-state index contributed by atoms with van der Waals surface area (Å²) in [5.74, 6) is 3.77. The van der Waals surface area contributed by atoms with Crippen LogP contribution in [0.1, 0.15) is 42.9 Å². The van der Waals surface area contributed by atoms with Crippen LogP contribution in [-0.4, -0.2) is 50.9 Å². The topological polar surface area (TPSA) is 83.3 Å². The largest absolute Gasteiger partial charge is 0.356 e. The Bertz CT molecular complexity index is 813. The second kappa shape index (κ2) is 8.16. The van der Waals surface area contributed by atoms with Crippen LogP contribution in [0.5, 0.6) is 0 Å². The van der Waals surface area contributed by atoms with Crippen LogP contribution in [0.25, 0.3) is 0 Å². The van der Waals surface area contributed by atoms with Crippen LogP contribution in [-0.2, 0) is 13.6 Å². The molecule has 28 heavy (non-hydrogen) atoms. The quantitative estimate of drug-likeness (QED) is 0.605. The molecule has 2 aromatic rings. The summed E-state index contributed by atoms with van der Waals surface area (Å²) < 4.78 is 1.99. The van der Waals surface area contributed by atoms with Gasteiger partial charge in [-0.2, -0.15) is 0 Å². The van der Waals surface area contributed by atoms with Crippen molar-refractivity contribution in [3.8, 4) is 0 Å². The van der Waals surface area contributed by atoms with Gasteiger partial charge in [-0.3, -0.25) is 0 Å². The van der Waals surface area contributed by atoms with Gasteiger partial charge in [0.1, 0.15) is 18.2 Å². The van der Waals surface area contributed by atoms with Gasteiger partial charge in [-0.05, 0) is 51.2 Å². The lowest BCUT2D eigenvalue weighted by Gasteiger charge is -2.34. The third-order valence-corrected chi connectivity index (χ3v) is 5.54. The number of anilines is 1. The Hall–Kier alpha value is -2.64. The van der Waals surface area contributed by atoms with E-state index in [2.05, 4.69) is 49.8 Å². The number of hydrogen-bond acceptors (Lipinski definition) is 5. The summed E-state index contributed by atoms with van der Waals surface area (Å²) in [6, 6.07) is 5.23. The van der Waals surface area contributed by atoms with Crippen LogP contribution in [0.4, 0.5) is 5.82 Å². The first-order valence-electron chi connectivity index (χ1n) is 10.2. The van der Waals surface area contributed by atoms with Crippen molar-refractivity contribution in [3.63, 3.8) is 0 Å². The summed E-state index contributed by atoms with van der Waals surface area (Å²) >= 11 is 0. The van der Waals surface area contributed by atoms with Crippen LogP contribution in [0.2, 0.25) is 0 Å². The number of piperidine rings is 1. The number of nitrogens with one attached hydrogen (secondary N) is 2. The molecule has 1 aliphatic carbocycles. The van der Waals surface area contributed by atoms with Crippen molar-refractivity contribution in [2.24, 2.45) is 12.0 Å². The first kappa shape index (κ1) is 18.7. The first-order chi connectivity index (χ1) is 13.6. The fourth-order valence-corrected chi connectivity index (χ4v) is 3.39. The molecule has 0 bridgehead atoms. The summed E-state index contributed by atoms with van der Waals surface area (Å²) in [6.45, 7) is 6.58. The van der Waals surface area contributed by atoms with Gasteiger partial charge in [-0.1, -0.05) is 6.07 Å². The molecule has 2 aliphatic rings. The molecule has 0 aromatic carbocycles. The molecule has 0 atom stereocenters. The molecule has 0 spiro atoms. The van der Waals surface area contributed by atoms with Crippen LogP contribution in [0.15, 0.2) is 23.3 Å². The van der Waals surface area contributed by atoms with Gasteiger partial charge in [0, 0.05) is 38.4 Å². The van der Waals surface area contributed by atoms with E-state index < -0.39 is 0 Å². The van der Waals surface area contributed by atoms with Crippen molar-refractivity contribution in [2.75, 3.05) is 18.0 Å². The molecule has 150 valence electrons. The number of hydrogen-bond donors (Lipinski definition) is 2. The standard InChI is InChI=1S/C20H30N8/c1-14-4-7-18(21-12-14)28-10-8-17(9-11-28)24-20(23-16-5-6-16)22-13-19-26-25-15(2)27(19)3/h4,7,12,16-17H,5-6,8-11,13H2,1-3H3,(H2,22,23,24). The lowest BCUT2D eigenvalue weighted by molar-refractivity contribution is 0.459. The molecule has 1 aliphatic heterocycles. The Labute approximate surface area is 166 Å². The predicted molar refractivity (Wildman–Crippen MR) is 110 cm³/mol. The molecule has 2 fully saturated rings. The average Bonchev–Trinajstić information content (AvgIpc) is 3.46. The van der Waals surface area contributed by atoms with Crippen molar-refractivity contribution >= 4 is 11.8 Å². The Morgan fingerprint density at radius 3 is 2.36 bits per heavy atom.